The van der Waals surface area contributed by atoms with Gasteiger partial charge in [-0.1, -0.05) is 0 Å². The highest BCUT2D eigenvalue weighted by molar-refractivity contribution is 8.17. The number of halogens is 6. The highest BCUT2D eigenvalue weighted by Gasteiger charge is 2.18. The van der Waals surface area contributed by atoms with Gasteiger partial charge in [0.25, 0.3) is 0 Å². The summed E-state index contributed by atoms with van der Waals surface area (Å²) in [7, 11) is -1.98. The summed E-state index contributed by atoms with van der Waals surface area (Å²) in [4.78, 5) is 0.0903. The lowest BCUT2D eigenvalue weighted by atomic mass is 10.3. The van der Waals surface area contributed by atoms with E-state index in [0.717, 1.165) is 36.4 Å². The van der Waals surface area contributed by atoms with Gasteiger partial charge >= 0.3 is 0 Å². The molecule has 0 fully saturated rings. The molecule has 0 nitrogen and oxygen atoms in total. The highest BCUT2D eigenvalue weighted by atomic mass is 32.2. The van der Waals surface area contributed by atoms with E-state index in [1.54, 1.807) is 0 Å². The summed E-state index contributed by atoms with van der Waals surface area (Å²) < 4.78 is 81.7. The van der Waals surface area contributed by atoms with Gasteiger partial charge in [-0.2, -0.15) is 10.9 Å². The highest BCUT2D eigenvalue weighted by Crippen LogP contribution is 2.52. The molecule has 0 aliphatic heterocycles. The number of benzene rings is 3. The minimum Gasteiger partial charge on any atom is -0.207 e. The van der Waals surface area contributed by atoms with Crippen LogP contribution < -0.4 is 0 Å². The lowest BCUT2D eigenvalue weighted by Gasteiger charge is -2.23. The van der Waals surface area contributed by atoms with Crippen LogP contribution in [-0.4, -0.2) is 0 Å². The minimum absolute atomic E-state index is 0.0301. The van der Waals surface area contributed by atoms with Crippen LogP contribution in [0.4, 0.5) is 26.3 Å². The molecule has 0 saturated carbocycles. The van der Waals surface area contributed by atoms with Gasteiger partial charge in [0, 0.05) is 32.9 Å². The standard InChI is InChI=1S/C18H10F6S/c19-10-1-11(20)5-16(4-10)25(17-6-12(21)2-13(22)7-17)18-8-14(23)3-15(24)9-18/h1-9,25H. The van der Waals surface area contributed by atoms with Gasteiger partial charge in [0.2, 0.25) is 0 Å². The van der Waals surface area contributed by atoms with E-state index in [0.29, 0.717) is 18.2 Å². The molecule has 0 heterocycles. The van der Waals surface area contributed by atoms with Crippen LogP contribution in [0.5, 0.6) is 0 Å². The Morgan fingerprint density at radius 3 is 0.760 bits per heavy atom. The van der Waals surface area contributed by atoms with Gasteiger partial charge in [-0.3, -0.25) is 0 Å². The molecule has 0 saturated heterocycles. The quantitative estimate of drug-likeness (QED) is 0.423. The van der Waals surface area contributed by atoms with Gasteiger partial charge in [-0.15, -0.1) is 0 Å². The van der Waals surface area contributed by atoms with Gasteiger partial charge in [0.15, 0.2) is 0 Å². The Hall–Kier alpha value is -2.41. The molecule has 0 radical (unpaired) electrons. The van der Waals surface area contributed by atoms with Crippen molar-refractivity contribution in [1.29, 1.82) is 0 Å². The zero-order valence-electron chi connectivity index (χ0n) is 12.4. The SMILES string of the molecule is Fc1cc(F)cc([SH](c2cc(F)cc(F)c2)c2cc(F)cc(F)c2)c1. The molecule has 0 spiro atoms. The number of hydrogen-bond donors (Lipinski definition) is 1. The van der Waals surface area contributed by atoms with E-state index in [2.05, 4.69) is 0 Å². The third-order valence-corrected chi connectivity index (χ3v) is 5.64. The molecule has 0 unspecified atom stereocenters. The fourth-order valence-electron chi connectivity index (χ4n) is 2.45. The minimum atomic E-state index is -1.98. The second-order valence-corrected chi connectivity index (χ2v) is 7.44. The molecule has 0 aliphatic carbocycles. The van der Waals surface area contributed by atoms with Crippen molar-refractivity contribution >= 4 is 10.9 Å². The van der Waals surface area contributed by atoms with Crippen molar-refractivity contribution in [3.8, 4) is 0 Å². The number of thiol groups is 1. The molecule has 0 atom stereocenters. The first-order valence-electron chi connectivity index (χ1n) is 7.00. The van der Waals surface area contributed by atoms with Gasteiger partial charge in [-0.25, -0.2) is 26.3 Å². The third kappa shape index (κ3) is 3.99. The summed E-state index contributed by atoms with van der Waals surface area (Å²) in [5, 5.41) is 0. The molecule has 3 aromatic rings. The van der Waals surface area contributed by atoms with Crippen molar-refractivity contribution in [3.05, 3.63) is 89.5 Å². The zero-order valence-corrected chi connectivity index (χ0v) is 13.3. The Morgan fingerprint density at radius 1 is 0.360 bits per heavy atom. The summed E-state index contributed by atoms with van der Waals surface area (Å²) in [5.41, 5.74) is 0. The van der Waals surface area contributed by atoms with Gasteiger partial charge in [-0.05, 0) is 36.4 Å². The first-order valence-corrected chi connectivity index (χ1v) is 8.34. The lowest BCUT2D eigenvalue weighted by molar-refractivity contribution is 0.575. The number of rotatable bonds is 3. The van der Waals surface area contributed by atoms with Crippen LogP contribution in [0.15, 0.2) is 69.3 Å². The maximum atomic E-state index is 13.6. The van der Waals surface area contributed by atoms with Crippen LogP contribution in [0.3, 0.4) is 0 Å². The van der Waals surface area contributed by atoms with Gasteiger partial charge in [0.05, 0.1) is 0 Å². The average Bonchev–Trinajstić information content (AvgIpc) is 2.44. The van der Waals surface area contributed by atoms with Crippen LogP contribution in [0.25, 0.3) is 0 Å². The molecule has 0 bridgehead atoms. The first-order chi connectivity index (χ1) is 11.8. The maximum absolute atomic E-state index is 13.6. The van der Waals surface area contributed by atoms with Crippen molar-refractivity contribution in [2.75, 3.05) is 0 Å². The van der Waals surface area contributed by atoms with E-state index in [9.17, 15) is 26.3 Å². The molecule has 25 heavy (non-hydrogen) atoms. The Bertz CT molecular complexity index is 758. The fourth-order valence-corrected chi connectivity index (χ4v) is 4.86. The second kappa shape index (κ2) is 6.84. The maximum Gasteiger partial charge on any atom is 0.127 e. The second-order valence-electron chi connectivity index (χ2n) is 5.22. The topological polar surface area (TPSA) is 0 Å². The summed E-state index contributed by atoms with van der Waals surface area (Å²) in [5.74, 6) is -5.44. The Balaban J connectivity index is 2.27. The molecular weight excluding hydrogens is 362 g/mol. The molecule has 3 aromatic carbocycles. The number of hydrogen-bond acceptors (Lipinski definition) is 0. The summed E-state index contributed by atoms with van der Waals surface area (Å²) in [6.45, 7) is 0. The van der Waals surface area contributed by atoms with Crippen molar-refractivity contribution in [2.45, 2.75) is 14.7 Å². The molecule has 0 N–H and O–H groups in total. The summed E-state index contributed by atoms with van der Waals surface area (Å²) >= 11 is 0. The van der Waals surface area contributed by atoms with E-state index in [-0.39, 0.29) is 14.7 Å². The van der Waals surface area contributed by atoms with Crippen molar-refractivity contribution < 1.29 is 26.3 Å². The average molecular weight is 372 g/mol. The Kier molecular flexibility index (Phi) is 4.76. The molecule has 130 valence electrons. The van der Waals surface area contributed by atoms with E-state index in [1.807, 2.05) is 0 Å². The molecule has 7 heteroatoms. The lowest BCUT2D eigenvalue weighted by Crippen LogP contribution is -1.95. The normalized spacial score (nSPS) is 11.5. The van der Waals surface area contributed by atoms with Crippen molar-refractivity contribution in [2.24, 2.45) is 0 Å². The first kappa shape index (κ1) is 17.4. The molecular formula is C18H10F6S. The summed E-state index contributed by atoms with van der Waals surface area (Å²) in [6, 6.07) is 7.74. The van der Waals surface area contributed by atoms with Crippen molar-refractivity contribution in [3.63, 3.8) is 0 Å². The van der Waals surface area contributed by atoms with Crippen LogP contribution in [-0.2, 0) is 0 Å². The molecule has 0 amide bonds. The van der Waals surface area contributed by atoms with Crippen LogP contribution in [0, 0.1) is 34.9 Å². The predicted molar refractivity (Wildman–Crippen MR) is 82.9 cm³/mol. The smallest absolute Gasteiger partial charge is 0.127 e. The third-order valence-electron chi connectivity index (χ3n) is 3.32. The van der Waals surface area contributed by atoms with Crippen molar-refractivity contribution in [1.82, 2.24) is 0 Å². The van der Waals surface area contributed by atoms with Crippen LogP contribution >= 0.6 is 10.9 Å². The monoisotopic (exact) mass is 372 g/mol. The van der Waals surface area contributed by atoms with Crippen LogP contribution in [0.2, 0.25) is 0 Å². The van der Waals surface area contributed by atoms with E-state index in [4.69, 9.17) is 0 Å². The van der Waals surface area contributed by atoms with Gasteiger partial charge < -0.3 is 0 Å². The molecule has 0 aliphatic rings. The van der Waals surface area contributed by atoms with Gasteiger partial charge in [0.1, 0.15) is 34.9 Å². The largest absolute Gasteiger partial charge is 0.207 e. The molecule has 3 rings (SSSR count). The summed E-state index contributed by atoms with van der Waals surface area (Å²) in [6.07, 6.45) is 0. The fraction of sp³-hybridized carbons (Fsp3) is 0. The van der Waals surface area contributed by atoms with Crippen LogP contribution in [0.1, 0.15) is 0 Å². The Morgan fingerprint density at radius 2 is 0.560 bits per heavy atom. The Labute approximate surface area is 142 Å². The zero-order chi connectivity index (χ0) is 18.1. The predicted octanol–water partition coefficient (Wildman–Crippen LogP) is 6.00. The molecule has 0 aromatic heterocycles. The van der Waals surface area contributed by atoms with E-state index in [1.165, 1.54) is 0 Å². The van der Waals surface area contributed by atoms with E-state index >= 15 is 0 Å². The van der Waals surface area contributed by atoms with E-state index < -0.39 is 45.8 Å².